The molecular formula is C13H24N2O3S. The molecule has 1 aromatic heterocycles. The first kappa shape index (κ1) is 16.2. The van der Waals surface area contributed by atoms with E-state index in [4.69, 9.17) is 0 Å². The molecule has 0 fully saturated rings. The third-order valence-electron chi connectivity index (χ3n) is 2.96. The average Bonchev–Trinajstić information content (AvgIpc) is 2.70. The maximum Gasteiger partial charge on any atom is 0.242 e. The van der Waals surface area contributed by atoms with Crippen molar-refractivity contribution in [2.24, 2.45) is 5.92 Å². The van der Waals surface area contributed by atoms with E-state index in [2.05, 4.69) is 18.6 Å². The second-order valence-electron chi connectivity index (χ2n) is 5.26. The van der Waals surface area contributed by atoms with Gasteiger partial charge in [0, 0.05) is 24.5 Å². The summed E-state index contributed by atoms with van der Waals surface area (Å²) in [5.41, 5.74) is 0.611. The summed E-state index contributed by atoms with van der Waals surface area (Å²) in [4.78, 5) is 0.217. The van der Waals surface area contributed by atoms with Gasteiger partial charge in [-0.1, -0.05) is 13.8 Å². The quantitative estimate of drug-likeness (QED) is 0.802. The van der Waals surface area contributed by atoms with E-state index >= 15 is 0 Å². The average molecular weight is 288 g/mol. The Labute approximate surface area is 115 Å². The van der Waals surface area contributed by atoms with Gasteiger partial charge in [0.15, 0.2) is 0 Å². The number of nitrogens with zero attached hydrogens (tertiary/aromatic N) is 1. The molecule has 0 spiro atoms. The van der Waals surface area contributed by atoms with Gasteiger partial charge in [0.2, 0.25) is 10.0 Å². The fraction of sp³-hybridized carbons (Fsp3) is 0.692. The minimum Gasteiger partial charge on any atom is -0.390 e. The Morgan fingerprint density at radius 2 is 2.00 bits per heavy atom. The van der Waals surface area contributed by atoms with Crippen LogP contribution in [-0.2, 0) is 23.2 Å². The van der Waals surface area contributed by atoms with Crippen molar-refractivity contribution >= 4 is 10.0 Å². The number of aliphatic hydroxyl groups is 1. The van der Waals surface area contributed by atoms with E-state index in [1.165, 1.54) is 6.07 Å². The predicted octanol–water partition coefficient (Wildman–Crippen LogP) is 1.71. The second kappa shape index (κ2) is 6.54. The van der Waals surface area contributed by atoms with Gasteiger partial charge in [0.1, 0.15) is 0 Å². The van der Waals surface area contributed by atoms with Crippen LogP contribution in [0.5, 0.6) is 0 Å². The summed E-state index contributed by atoms with van der Waals surface area (Å²) in [6.07, 6.45) is 2.36. The van der Waals surface area contributed by atoms with Gasteiger partial charge in [0.05, 0.1) is 11.5 Å². The molecule has 1 aromatic rings. The second-order valence-corrected chi connectivity index (χ2v) is 6.98. The number of sulfonamides is 1. The van der Waals surface area contributed by atoms with Crippen LogP contribution in [0.3, 0.4) is 0 Å². The number of aromatic nitrogens is 1. The maximum atomic E-state index is 12.2. The molecule has 6 heteroatoms. The van der Waals surface area contributed by atoms with Crippen molar-refractivity contribution in [1.82, 2.24) is 9.29 Å². The molecule has 0 aromatic carbocycles. The minimum atomic E-state index is -3.51. The lowest BCUT2D eigenvalue weighted by atomic mass is 10.1. The third-order valence-corrected chi connectivity index (χ3v) is 4.51. The standard InChI is InChI=1S/C13H24N2O3S/c1-5-15-8-13(7-12(15)9-16)19(17,18)14-11(4)6-10(2)3/h7-8,10-11,14,16H,5-6,9H2,1-4H3. The van der Waals surface area contributed by atoms with Crippen LogP contribution >= 0.6 is 0 Å². The summed E-state index contributed by atoms with van der Waals surface area (Å²) in [5.74, 6) is 0.436. The van der Waals surface area contributed by atoms with Crippen LogP contribution in [0.25, 0.3) is 0 Å². The number of aryl methyl sites for hydroxylation is 1. The van der Waals surface area contributed by atoms with Gasteiger partial charge in [-0.3, -0.25) is 0 Å². The Hall–Kier alpha value is -0.850. The highest BCUT2D eigenvalue weighted by Gasteiger charge is 2.20. The van der Waals surface area contributed by atoms with E-state index in [0.717, 1.165) is 6.42 Å². The fourth-order valence-electron chi connectivity index (χ4n) is 2.19. The molecule has 0 aliphatic carbocycles. The van der Waals surface area contributed by atoms with Crippen LogP contribution in [0, 0.1) is 5.92 Å². The molecule has 5 nitrogen and oxygen atoms in total. The van der Waals surface area contributed by atoms with Crippen molar-refractivity contribution in [3.05, 3.63) is 18.0 Å². The Kier molecular flexibility index (Phi) is 5.58. The Morgan fingerprint density at radius 3 is 2.42 bits per heavy atom. The van der Waals surface area contributed by atoms with Crippen LogP contribution in [0.4, 0.5) is 0 Å². The van der Waals surface area contributed by atoms with Crippen molar-refractivity contribution in [1.29, 1.82) is 0 Å². The summed E-state index contributed by atoms with van der Waals surface area (Å²) in [5, 5.41) is 9.19. The molecule has 1 rings (SSSR count). The molecule has 0 radical (unpaired) electrons. The van der Waals surface area contributed by atoms with Gasteiger partial charge in [-0.25, -0.2) is 13.1 Å². The highest BCUT2D eigenvalue weighted by Crippen LogP contribution is 2.16. The Balaban J connectivity index is 2.91. The summed E-state index contributed by atoms with van der Waals surface area (Å²) in [6, 6.07) is 1.42. The van der Waals surface area contributed by atoms with E-state index in [1.54, 1.807) is 10.8 Å². The number of rotatable bonds is 7. The lowest BCUT2D eigenvalue weighted by molar-refractivity contribution is 0.271. The predicted molar refractivity (Wildman–Crippen MR) is 75.3 cm³/mol. The van der Waals surface area contributed by atoms with E-state index in [9.17, 15) is 13.5 Å². The van der Waals surface area contributed by atoms with Gasteiger partial charge >= 0.3 is 0 Å². The van der Waals surface area contributed by atoms with Crippen molar-refractivity contribution < 1.29 is 13.5 Å². The molecule has 1 heterocycles. The SMILES string of the molecule is CCn1cc(S(=O)(=O)NC(C)CC(C)C)cc1CO. The van der Waals surface area contributed by atoms with Crippen molar-refractivity contribution in [3.8, 4) is 0 Å². The number of nitrogens with one attached hydrogen (secondary N) is 1. The molecule has 0 amide bonds. The first-order valence-corrected chi connectivity index (χ1v) is 8.10. The van der Waals surface area contributed by atoms with E-state index in [-0.39, 0.29) is 17.5 Å². The molecule has 0 aliphatic heterocycles. The summed E-state index contributed by atoms with van der Waals surface area (Å²) in [6.45, 7) is 8.36. The van der Waals surface area contributed by atoms with Gasteiger partial charge in [0.25, 0.3) is 0 Å². The maximum absolute atomic E-state index is 12.2. The van der Waals surface area contributed by atoms with E-state index in [0.29, 0.717) is 18.2 Å². The van der Waals surface area contributed by atoms with Gasteiger partial charge in [-0.2, -0.15) is 0 Å². The van der Waals surface area contributed by atoms with Crippen molar-refractivity contribution in [2.45, 2.75) is 58.2 Å². The minimum absolute atomic E-state index is 0.104. The normalized spacial score (nSPS) is 14.0. The molecule has 19 heavy (non-hydrogen) atoms. The Morgan fingerprint density at radius 1 is 1.37 bits per heavy atom. The van der Waals surface area contributed by atoms with Crippen LogP contribution in [-0.4, -0.2) is 24.1 Å². The molecule has 0 saturated carbocycles. The Bertz CT molecular complexity index is 484. The lowest BCUT2D eigenvalue weighted by Crippen LogP contribution is -2.33. The molecular weight excluding hydrogens is 264 g/mol. The van der Waals surface area contributed by atoms with E-state index in [1.807, 2.05) is 13.8 Å². The highest BCUT2D eigenvalue weighted by molar-refractivity contribution is 7.89. The van der Waals surface area contributed by atoms with Crippen LogP contribution in [0.2, 0.25) is 0 Å². The molecule has 0 bridgehead atoms. The van der Waals surface area contributed by atoms with Gasteiger partial charge < -0.3 is 9.67 Å². The number of hydrogen-bond acceptors (Lipinski definition) is 3. The first-order chi connectivity index (χ1) is 8.80. The molecule has 1 atom stereocenters. The molecule has 1 unspecified atom stereocenters. The third kappa shape index (κ3) is 4.33. The van der Waals surface area contributed by atoms with E-state index < -0.39 is 10.0 Å². The molecule has 0 saturated heterocycles. The monoisotopic (exact) mass is 288 g/mol. The van der Waals surface area contributed by atoms with Crippen LogP contribution in [0.15, 0.2) is 17.2 Å². The van der Waals surface area contributed by atoms with Crippen molar-refractivity contribution in [3.63, 3.8) is 0 Å². The van der Waals surface area contributed by atoms with Gasteiger partial charge in [-0.15, -0.1) is 0 Å². The zero-order valence-electron chi connectivity index (χ0n) is 12.0. The van der Waals surface area contributed by atoms with Crippen molar-refractivity contribution in [2.75, 3.05) is 0 Å². The smallest absolute Gasteiger partial charge is 0.242 e. The van der Waals surface area contributed by atoms with Crippen LogP contribution in [0.1, 0.15) is 39.8 Å². The number of hydrogen-bond donors (Lipinski definition) is 2. The molecule has 110 valence electrons. The van der Waals surface area contributed by atoms with Crippen LogP contribution < -0.4 is 4.72 Å². The number of aliphatic hydroxyl groups excluding tert-OH is 1. The molecule has 2 N–H and O–H groups in total. The lowest BCUT2D eigenvalue weighted by Gasteiger charge is -2.15. The highest BCUT2D eigenvalue weighted by atomic mass is 32.2. The largest absolute Gasteiger partial charge is 0.390 e. The molecule has 0 aliphatic rings. The van der Waals surface area contributed by atoms with Gasteiger partial charge in [-0.05, 0) is 32.3 Å². The summed E-state index contributed by atoms with van der Waals surface area (Å²) in [7, 11) is -3.51. The zero-order valence-corrected chi connectivity index (χ0v) is 12.9. The zero-order chi connectivity index (χ0) is 14.6. The fourth-order valence-corrected chi connectivity index (χ4v) is 3.51. The summed E-state index contributed by atoms with van der Waals surface area (Å²) < 4.78 is 28.8. The first-order valence-electron chi connectivity index (χ1n) is 6.62. The summed E-state index contributed by atoms with van der Waals surface area (Å²) >= 11 is 0. The topological polar surface area (TPSA) is 71.3 Å².